The monoisotopic (exact) mass is 446 g/mol. The van der Waals surface area contributed by atoms with Crippen LogP contribution in [0.4, 0.5) is 0 Å². The predicted octanol–water partition coefficient (Wildman–Crippen LogP) is 2.71. The lowest BCUT2D eigenvalue weighted by molar-refractivity contribution is -0.123. The third kappa shape index (κ3) is 5.77. The summed E-state index contributed by atoms with van der Waals surface area (Å²) < 4.78 is 16.6. The molecule has 28 heavy (non-hydrogen) atoms. The Morgan fingerprint density at radius 1 is 1.39 bits per heavy atom. The van der Waals surface area contributed by atoms with Gasteiger partial charge < -0.3 is 14.2 Å². The Morgan fingerprint density at radius 2 is 2.18 bits per heavy atom. The molecule has 146 valence electrons. The van der Waals surface area contributed by atoms with Crippen molar-refractivity contribution in [1.82, 2.24) is 10.4 Å². The van der Waals surface area contributed by atoms with Gasteiger partial charge in [0.2, 0.25) is 5.88 Å². The van der Waals surface area contributed by atoms with Crippen LogP contribution >= 0.6 is 15.9 Å². The van der Waals surface area contributed by atoms with Crippen LogP contribution in [0.2, 0.25) is 0 Å². The highest BCUT2D eigenvalue weighted by molar-refractivity contribution is 9.10. The summed E-state index contributed by atoms with van der Waals surface area (Å²) in [6, 6.07) is 9.19. The van der Waals surface area contributed by atoms with Crippen molar-refractivity contribution in [1.29, 1.82) is 5.26 Å². The number of nitrogens with one attached hydrogen (secondary N) is 1. The second-order valence-electron chi connectivity index (χ2n) is 5.62. The number of hydrogen-bond donors (Lipinski definition) is 1. The van der Waals surface area contributed by atoms with Crippen molar-refractivity contribution in [2.45, 2.75) is 13.5 Å². The number of hydrogen-bond acceptors (Lipinski definition) is 7. The van der Waals surface area contributed by atoms with Gasteiger partial charge in [0.15, 0.2) is 6.61 Å². The molecule has 0 saturated heterocycles. The predicted molar refractivity (Wildman–Crippen MR) is 106 cm³/mol. The molecule has 0 radical (unpaired) electrons. The topological polar surface area (TPSA) is 106 Å². The Balaban J connectivity index is 2.02. The second-order valence-corrected chi connectivity index (χ2v) is 6.53. The van der Waals surface area contributed by atoms with E-state index >= 15 is 0 Å². The average Bonchev–Trinajstić information content (AvgIpc) is 2.66. The summed E-state index contributed by atoms with van der Waals surface area (Å²) in [5.41, 5.74) is 4.59. The van der Waals surface area contributed by atoms with Crippen LogP contribution < -0.4 is 14.9 Å². The molecule has 9 heteroatoms. The molecule has 1 N–H and O–H groups in total. The summed E-state index contributed by atoms with van der Waals surface area (Å²) in [5.74, 6) is 0.207. The molecule has 1 heterocycles. The quantitative estimate of drug-likeness (QED) is 0.493. The smallest absolute Gasteiger partial charge is 0.278 e. The first-order valence-electron chi connectivity index (χ1n) is 8.16. The van der Waals surface area contributed by atoms with Crippen molar-refractivity contribution in [3.63, 3.8) is 0 Å². The maximum atomic E-state index is 12.0. The van der Waals surface area contributed by atoms with Gasteiger partial charge in [-0.15, -0.1) is 0 Å². The van der Waals surface area contributed by atoms with Gasteiger partial charge in [-0.05, 0) is 31.2 Å². The molecular formula is C19H19BrN4O4. The van der Waals surface area contributed by atoms with E-state index in [4.69, 9.17) is 14.2 Å². The molecule has 1 aromatic heterocycles. The number of hydrazone groups is 1. The number of carbonyl (C=O) groups excluding carboxylic acids is 1. The molecule has 1 amide bonds. The van der Waals surface area contributed by atoms with Crippen LogP contribution in [0.25, 0.3) is 0 Å². The molecule has 0 saturated carbocycles. The molecular weight excluding hydrogens is 428 g/mol. The number of halogens is 1. The Kier molecular flexibility index (Phi) is 7.92. The van der Waals surface area contributed by atoms with Crippen molar-refractivity contribution in [2.24, 2.45) is 5.10 Å². The number of amides is 1. The fourth-order valence-electron chi connectivity index (χ4n) is 2.35. The zero-order valence-corrected chi connectivity index (χ0v) is 17.2. The Labute approximate surface area is 171 Å². The van der Waals surface area contributed by atoms with E-state index < -0.39 is 5.91 Å². The lowest BCUT2D eigenvalue weighted by Gasteiger charge is -2.10. The van der Waals surface area contributed by atoms with Gasteiger partial charge in [0.05, 0.1) is 19.9 Å². The van der Waals surface area contributed by atoms with Crippen LogP contribution in [-0.2, 0) is 16.1 Å². The SMILES string of the molecule is COCc1cc(C)nc(OCC(=O)N/N=C\c2cc(Br)ccc2OC)c1C#N. The molecule has 0 aliphatic rings. The molecule has 1 aromatic carbocycles. The van der Waals surface area contributed by atoms with Gasteiger partial charge in [0, 0.05) is 28.4 Å². The highest BCUT2D eigenvalue weighted by Crippen LogP contribution is 2.22. The first kappa shape index (κ1) is 21.3. The highest BCUT2D eigenvalue weighted by atomic mass is 79.9. The first-order valence-corrected chi connectivity index (χ1v) is 8.95. The zero-order valence-electron chi connectivity index (χ0n) is 15.7. The summed E-state index contributed by atoms with van der Waals surface area (Å²) >= 11 is 3.37. The van der Waals surface area contributed by atoms with E-state index in [1.165, 1.54) is 13.3 Å². The lowest BCUT2D eigenvalue weighted by atomic mass is 10.1. The molecule has 0 aliphatic carbocycles. The standard InChI is InChI=1S/C19H19BrN4O4/c1-12-6-14(10-26-2)16(8-21)19(23-12)28-11-18(25)24-22-9-13-7-15(20)4-5-17(13)27-3/h4-7,9H,10-11H2,1-3H3,(H,24,25)/b22-9-. The first-order chi connectivity index (χ1) is 13.5. The summed E-state index contributed by atoms with van der Waals surface area (Å²) in [5, 5.41) is 13.3. The lowest BCUT2D eigenvalue weighted by Crippen LogP contribution is -2.25. The van der Waals surface area contributed by atoms with E-state index in [2.05, 4.69) is 31.4 Å². The number of nitriles is 1. The van der Waals surface area contributed by atoms with E-state index in [0.717, 1.165) is 4.47 Å². The molecule has 0 fully saturated rings. The number of aryl methyl sites for hydroxylation is 1. The number of aromatic nitrogens is 1. The van der Waals surface area contributed by atoms with Crippen molar-refractivity contribution in [3.8, 4) is 17.7 Å². The van der Waals surface area contributed by atoms with Gasteiger partial charge in [0.1, 0.15) is 17.4 Å². The molecule has 0 spiro atoms. The van der Waals surface area contributed by atoms with Crippen molar-refractivity contribution >= 4 is 28.1 Å². The van der Waals surface area contributed by atoms with Gasteiger partial charge in [-0.3, -0.25) is 4.79 Å². The molecule has 0 unspecified atom stereocenters. The van der Waals surface area contributed by atoms with E-state index in [1.54, 1.807) is 32.2 Å². The summed E-state index contributed by atoms with van der Waals surface area (Å²) in [4.78, 5) is 16.2. The molecule has 0 atom stereocenters. The number of pyridine rings is 1. The van der Waals surface area contributed by atoms with Crippen LogP contribution in [-0.4, -0.2) is 37.9 Å². The maximum absolute atomic E-state index is 12.0. The Hall–Kier alpha value is -2.96. The fraction of sp³-hybridized carbons (Fsp3) is 0.263. The van der Waals surface area contributed by atoms with Gasteiger partial charge in [-0.2, -0.15) is 10.4 Å². The van der Waals surface area contributed by atoms with Crippen molar-refractivity contribution in [3.05, 3.63) is 51.1 Å². The number of methoxy groups -OCH3 is 2. The fourth-order valence-corrected chi connectivity index (χ4v) is 2.73. The minimum absolute atomic E-state index is 0.0855. The number of benzene rings is 1. The maximum Gasteiger partial charge on any atom is 0.278 e. The van der Waals surface area contributed by atoms with Gasteiger partial charge in [-0.1, -0.05) is 15.9 Å². The number of rotatable bonds is 8. The average molecular weight is 447 g/mol. The van der Waals surface area contributed by atoms with E-state index in [-0.39, 0.29) is 24.7 Å². The summed E-state index contributed by atoms with van der Waals surface area (Å²) in [6.07, 6.45) is 1.46. The van der Waals surface area contributed by atoms with Gasteiger partial charge in [0.25, 0.3) is 5.91 Å². The second kappa shape index (κ2) is 10.4. The largest absolute Gasteiger partial charge is 0.496 e. The summed E-state index contributed by atoms with van der Waals surface area (Å²) in [7, 11) is 3.08. The third-order valence-electron chi connectivity index (χ3n) is 3.53. The Bertz CT molecular complexity index is 925. The van der Waals surface area contributed by atoms with Gasteiger partial charge >= 0.3 is 0 Å². The van der Waals surface area contributed by atoms with Crippen molar-refractivity contribution < 1.29 is 19.0 Å². The molecule has 0 bridgehead atoms. The number of ether oxygens (including phenoxy) is 3. The highest BCUT2D eigenvalue weighted by Gasteiger charge is 2.14. The Morgan fingerprint density at radius 3 is 2.86 bits per heavy atom. The minimum atomic E-state index is -0.495. The van der Waals surface area contributed by atoms with Crippen LogP contribution in [0.15, 0.2) is 33.8 Å². The minimum Gasteiger partial charge on any atom is -0.496 e. The van der Waals surface area contributed by atoms with Gasteiger partial charge in [-0.25, -0.2) is 10.4 Å². The zero-order chi connectivity index (χ0) is 20.5. The number of nitrogens with zero attached hydrogens (tertiary/aromatic N) is 3. The normalized spacial score (nSPS) is 10.5. The number of carbonyl (C=O) groups is 1. The van der Waals surface area contributed by atoms with Crippen LogP contribution in [0.5, 0.6) is 11.6 Å². The van der Waals surface area contributed by atoms with Crippen LogP contribution in [0.1, 0.15) is 22.4 Å². The van der Waals surface area contributed by atoms with E-state index in [0.29, 0.717) is 22.6 Å². The molecule has 2 rings (SSSR count). The van der Waals surface area contributed by atoms with E-state index in [9.17, 15) is 10.1 Å². The third-order valence-corrected chi connectivity index (χ3v) is 4.03. The summed E-state index contributed by atoms with van der Waals surface area (Å²) in [6.45, 7) is 1.67. The van der Waals surface area contributed by atoms with Crippen LogP contribution in [0, 0.1) is 18.3 Å². The molecule has 0 aliphatic heterocycles. The molecule has 2 aromatic rings. The van der Waals surface area contributed by atoms with E-state index in [1.807, 2.05) is 12.1 Å². The van der Waals surface area contributed by atoms with Crippen LogP contribution in [0.3, 0.4) is 0 Å². The van der Waals surface area contributed by atoms with Crippen molar-refractivity contribution in [2.75, 3.05) is 20.8 Å². The molecule has 8 nitrogen and oxygen atoms in total.